The average Bonchev–Trinajstić information content (AvgIpc) is 3.40. The highest BCUT2D eigenvalue weighted by Gasteiger charge is 2.46. The minimum absolute atomic E-state index is 0.479. The predicted octanol–water partition coefficient (Wildman–Crippen LogP) is 7.61. The summed E-state index contributed by atoms with van der Waals surface area (Å²) < 4.78 is 0. The fourth-order valence-corrected chi connectivity index (χ4v) is 8.13. The molecule has 1 aromatic heterocycles. The van der Waals surface area contributed by atoms with Gasteiger partial charge in [-0.1, -0.05) is 78.9 Å². The molecule has 4 unspecified atom stereocenters. The Bertz CT molecular complexity index is 1200. The fourth-order valence-electron chi connectivity index (χ4n) is 6.67. The first kappa shape index (κ1) is 18.9. The number of aryl methyl sites for hydroxylation is 1. The van der Waals surface area contributed by atoms with Gasteiger partial charge in [0, 0.05) is 33.3 Å². The molecule has 0 bridgehead atoms. The molecule has 0 spiro atoms. The van der Waals surface area contributed by atoms with E-state index in [0.717, 1.165) is 6.42 Å². The van der Waals surface area contributed by atoms with E-state index in [1.807, 2.05) is 0 Å². The normalized spacial score (nSPS) is 29.7. The van der Waals surface area contributed by atoms with Crippen molar-refractivity contribution < 1.29 is 0 Å². The van der Waals surface area contributed by atoms with Crippen LogP contribution in [0.4, 0.5) is 0 Å². The van der Waals surface area contributed by atoms with E-state index < -0.39 is 0 Å². The molecule has 2 heterocycles. The summed E-state index contributed by atoms with van der Waals surface area (Å²) in [6.07, 6.45) is 26.7. The second-order valence-electron chi connectivity index (χ2n) is 9.81. The van der Waals surface area contributed by atoms with Gasteiger partial charge in [-0.25, -0.2) is 0 Å². The number of nitrogens with zero attached hydrogens (tertiary/aromatic N) is 1. The highest BCUT2D eigenvalue weighted by atomic mass is 32.1. The minimum atomic E-state index is 0.479. The van der Waals surface area contributed by atoms with E-state index in [1.54, 1.807) is 21.0 Å². The van der Waals surface area contributed by atoms with E-state index in [9.17, 15) is 0 Å². The van der Waals surface area contributed by atoms with Gasteiger partial charge in [0.05, 0.1) is 6.04 Å². The lowest BCUT2D eigenvalue weighted by Gasteiger charge is -2.41. The van der Waals surface area contributed by atoms with Gasteiger partial charge in [-0.05, 0) is 60.8 Å². The fraction of sp³-hybridized carbons (Fsp3) is 0.333. The summed E-state index contributed by atoms with van der Waals surface area (Å²) >= 11 is 2.10. The van der Waals surface area contributed by atoms with Gasteiger partial charge in [0.1, 0.15) is 0 Å². The Labute approximate surface area is 195 Å². The molecule has 5 aliphatic rings. The van der Waals surface area contributed by atoms with Crippen LogP contribution < -0.4 is 0 Å². The summed E-state index contributed by atoms with van der Waals surface area (Å²) in [5.74, 6) is 1.05. The van der Waals surface area contributed by atoms with Crippen molar-refractivity contribution in [2.24, 2.45) is 0 Å². The Morgan fingerprint density at radius 1 is 0.844 bits per heavy atom. The lowest BCUT2D eigenvalue weighted by molar-refractivity contribution is 0.198. The maximum atomic E-state index is 2.86. The summed E-state index contributed by atoms with van der Waals surface area (Å²) in [5, 5.41) is 0. The van der Waals surface area contributed by atoms with Gasteiger partial charge < -0.3 is 4.90 Å². The molecular weight excluding hydrogens is 406 g/mol. The summed E-state index contributed by atoms with van der Waals surface area (Å²) in [6, 6.07) is 12.2. The molecule has 0 N–H and O–H groups in total. The number of hydrogen-bond donors (Lipinski definition) is 0. The molecule has 32 heavy (non-hydrogen) atoms. The molecule has 0 fully saturated rings. The molecule has 4 aliphatic carbocycles. The highest BCUT2D eigenvalue weighted by Crippen LogP contribution is 2.54. The maximum absolute atomic E-state index is 2.86. The third-order valence-corrected chi connectivity index (χ3v) is 9.43. The first-order chi connectivity index (χ1) is 15.9. The average molecular weight is 436 g/mol. The van der Waals surface area contributed by atoms with Crippen molar-refractivity contribution in [3.63, 3.8) is 0 Å². The van der Waals surface area contributed by atoms with E-state index in [-0.39, 0.29) is 0 Å². The molecule has 4 atom stereocenters. The van der Waals surface area contributed by atoms with Crippen LogP contribution in [0.25, 0.3) is 12.2 Å². The molecule has 1 nitrogen and oxygen atoms in total. The minimum Gasteiger partial charge on any atom is -0.364 e. The van der Waals surface area contributed by atoms with Crippen LogP contribution in [0.5, 0.6) is 0 Å². The standard InChI is InChI=1S/C30H29NS/c1-2-9-20(10-3-1)21-11-8-12-22(19-21)31-26-15-6-4-14-25(26)29-27(31)18-17-24-23-13-5-7-16-28(23)32-30(24)29/h1-5,8-11,13-14,17-18,21-22,27,29H,6-7,12,15-16,19H2. The third-order valence-electron chi connectivity index (χ3n) is 8.07. The molecule has 1 aliphatic heterocycles. The monoisotopic (exact) mass is 435 g/mol. The van der Waals surface area contributed by atoms with E-state index >= 15 is 0 Å². The molecule has 1 aromatic carbocycles. The summed E-state index contributed by atoms with van der Waals surface area (Å²) in [4.78, 5) is 6.09. The van der Waals surface area contributed by atoms with E-state index in [1.165, 1.54) is 48.8 Å². The van der Waals surface area contributed by atoms with Crippen molar-refractivity contribution in [1.82, 2.24) is 4.90 Å². The summed E-state index contributed by atoms with van der Waals surface area (Å²) in [5.41, 5.74) is 7.73. The number of fused-ring (bicyclic) bond motifs is 6. The smallest absolute Gasteiger partial charge is 0.0594 e. The Morgan fingerprint density at radius 3 is 2.66 bits per heavy atom. The molecule has 0 amide bonds. The van der Waals surface area contributed by atoms with Gasteiger partial charge in [-0.2, -0.15) is 0 Å². The number of allylic oxidation sites excluding steroid dienone is 5. The quantitative estimate of drug-likeness (QED) is 0.439. The van der Waals surface area contributed by atoms with E-state index in [4.69, 9.17) is 0 Å². The Hall–Kier alpha value is -2.58. The lowest BCUT2D eigenvalue weighted by Crippen LogP contribution is -2.42. The predicted molar refractivity (Wildman–Crippen MR) is 136 cm³/mol. The van der Waals surface area contributed by atoms with Crippen LogP contribution in [0.2, 0.25) is 0 Å². The van der Waals surface area contributed by atoms with Crippen molar-refractivity contribution >= 4 is 23.5 Å². The first-order valence-electron chi connectivity index (χ1n) is 12.3. The molecule has 0 saturated heterocycles. The van der Waals surface area contributed by atoms with Gasteiger partial charge >= 0.3 is 0 Å². The number of benzene rings is 1. The molecule has 160 valence electrons. The van der Waals surface area contributed by atoms with Gasteiger partial charge in [0.25, 0.3) is 0 Å². The third kappa shape index (κ3) is 2.82. The van der Waals surface area contributed by atoms with Gasteiger partial charge in [0.15, 0.2) is 0 Å². The lowest BCUT2D eigenvalue weighted by atomic mass is 9.82. The Morgan fingerprint density at radius 2 is 1.72 bits per heavy atom. The number of thiophene rings is 1. The SMILES string of the molecule is C1=CC2=C(CC1)N(C1CC=CC(c3ccccc3)C1)C1C=Cc3c(sc4c3C=CCC4)C21. The molecule has 7 rings (SSSR count). The van der Waals surface area contributed by atoms with Crippen LogP contribution in [0, 0.1) is 0 Å². The van der Waals surface area contributed by atoms with Crippen LogP contribution in [-0.4, -0.2) is 17.0 Å². The second kappa shape index (κ2) is 7.49. The van der Waals surface area contributed by atoms with Crippen molar-refractivity contribution in [1.29, 1.82) is 0 Å². The largest absolute Gasteiger partial charge is 0.364 e. The molecule has 2 aromatic rings. The molecule has 2 heteroatoms. The van der Waals surface area contributed by atoms with Crippen molar-refractivity contribution in [2.45, 2.75) is 62.4 Å². The maximum Gasteiger partial charge on any atom is 0.0594 e. The zero-order valence-corrected chi connectivity index (χ0v) is 19.2. The second-order valence-corrected chi connectivity index (χ2v) is 10.9. The van der Waals surface area contributed by atoms with E-state index in [0.29, 0.717) is 23.9 Å². The molecular formula is C30H29NS. The first-order valence-corrected chi connectivity index (χ1v) is 13.1. The zero-order chi connectivity index (χ0) is 21.1. The van der Waals surface area contributed by atoms with Gasteiger partial charge in [-0.3, -0.25) is 0 Å². The topological polar surface area (TPSA) is 3.24 Å². The summed E-state index contributed by atoms with van der Waals surface area (Å²) in [7, 11) is 0. The Balaban J connectivity index is 1.28. The van der Waals surface area contributed by atoms with Crippen LogP contribution >= 0.6 is 11.3 Å². The Kier molecular flexibility index (Phi) is 4.43. The van der Waals surface area contributed by atoms with Crippen molar-refractivity contribution in [3.05, 3.63) is 105 Å². The summed E-state index contributed by atoms with van der Waals surface area (Å²) in [6.45, 7) is 0. The van der Waals surface area contributed by atoms with Gasteiger partial charge in [-0.15, -0.1) is 11.3 Å². The number of rotatable bonds is 2. The van der Waals surface area contributed by atoms with Crippen LogP contribution in [0.1, 0.15) is 70.4 Å². The highest BCUT2D eigenvalue weighted by molar-refractivity contribution is 7.12. The van der Waals surface area contributed by atoms with Crippen LogP contribution in [0.15, 0.2) is 78.1 Å². The van der Waals surface area contributed by atoms with Gasteiger partial charge in [0.2, 0.25) is 0 Å². The van der Waals surface area contributed by atoms with Crippen molar-refractivity contribution in [2.75, 3.05) is 0 Å². The number of hydrogen-bond acceptors (Lipinski definition) is 2. The van der Waals surface area contributed by atoms with Crippen LogP contribution in [0.3, 0.4) is 0 Å². The zero-order valence-electron chi connectivity index (χ0n) is 18.4. The van der Waals surface area contributed by atoms with E-state index in [2.05, 4.69) is 95.2 Å². The molecule has 0 saturated carbocycles. The van der Waals surface area contributed by atoms with Crippen molar-refractivity contribution in [3.8, 4) is 0 Å². The molecule has 0 radical (unpaired) electrons. The van der Waals surface area contributed by atoms with Crippen LogP contribution in [-0.2, 0) is 6.42 Å².